The quantitative estimate of drug-likeness (QED) is 0.839. The number of ether oxygens (including phenoxy) is 1. The fraction of sp³-hybridized carbons (Fsp3) is 0.467. The number of nitrogens with zero attached hydrogens (tertiary/aromatic N) is 1. The molecule has 1 amide bonds. The first-order valence-corrected chi connectivity index (χ1v) is 7.71. The second kappa shape index (κ2) is 5.48. The summed E-state index contributed by atoms with van der Waals surface area (Å²) in [6.45, 7) is 2.85. The van der Waals surface area contributed by atoms with Gasteiger partial charge in [0.25, 0.3) is 0 Å². The molecule has 4 nitrogen and oxygen atoms in total. The first kappa shape index (κ1) is 13.5. The normalized spacial score (nSPS) is 25.2. The van der Waals surface area contributed by atoms with Crippen molar-refractivity contribution in [3.63, 3.8) is 0 Å². The van der Waals surface area contributed by atoms with E-state index in [1.165, 1.54) is 11.8 Å². The molecular formula is C15H17NO3S. The number of carbonyl (C=O) groups is 2. The van der Waals surface area contributed by atoms with E-state index in [1.54, 1.807) is 6.92 Å². The lowest BCUT2D eigenvalue weighted by Gasteiger charge is -2.33. The number of carbonyl (C=O) groups excluding carboxylic acids is 2. The van der Waals surface area contributed by atoms with E-state index in [9.17, 15) is 9.59 Å². The summed E-state index contributed by atoms with van der Waals surface area (Å²) in [4.78, 5) is 25.4. The molecule has 3 rings (SSSR count). The van der Waals surface area contributed by atoms with Crippen LogP contribution >= 0.6 is 11.8 Å². The third-order valence-corrected chi connectivity index (χ3v) is 4.74. The number of amides is 1. The van der Waals surface area contributed by atoms with E-state index >= 15 is 0 Å². The van der Waals surface area contributed by atoms with Gasteiger partial charge in [-0.1, -0.05) is 30.0 Å². The van der Waals surface area contributed by atoms with Crippen molar-refractivity contribution in [2.24, 2.45) is 0 Å². The van der Waals surface area contributed by atoms with Crippen LogP contribution in [-0.2, 0) is 9.59 Å². The van der Waals surface area contributed by atoms with Crippen LogP contribution in [-0.4, -0.2) is 34.3 Å². The molecule has 2 aliphatic heterocycles. The fourth-order valence-corrected chi connectivity index (χ4v) is 3.89. The maximum atomic E-state index is 12.2. The van der Waals surface area contributed by atoms with Crippen molar-refractivity contribution in [2.45, 2.75) is 31.1 Å². The van der Waals surface area contributed by atoms with Gasteiger partial charge in [0.1, 0.15) is 5.75 Å². The summed E-state index contributed by atoms with van der Waals surface area (Å²) in [7, 11) is 0. The number of benzene rings is 1. The second-order valence-corrected chi connectivity index (χ2v) is 6.65. The Labute approximate surface area is 122 Å². The Kier molecular flexibility index (Phi) is 3.70. The van der Waals surface area contributed by atoms with Gasteiger partial charge in [0, 0.05) is 37.1 Å². The van der Waals surface area contributed by atoms with Gasteiger partial charge in [0.2, 0.25) is 5.91 Å². The van der Waals surface area contributed by atoms with Crippen LogP contribution in [0.2, 0.25) is 0 Å². The van der Waals surface area contributed by atoms with Crippen LogP contribution in [0.25, 0.3) is 0 Å². The first-order valence-electron chi connectivity index (χ1n) is 6.83. The summed E-state index contributed by atoms with van der Waals surface area (Å²) < 4.78 is 5.64. The molecular weight excluding hydrogens is 274 g/mol. The number of thioether (sulfide) groups is 1. The summed E-state index contributed by atoms with van der Waals surface area (Å²) >= 11 is 1.28. The Morgan fingerprint density at radius 2 is 2.20 bits per heavy atom. The van der Waals surface area contributed by atoms with Crippen LogP contribution in [0.1, 0.15) is 31.4 Å². The van der Waals surface area contributed by atoms with Gasteiger partial charge in [-0.25, -0.2) is 0 Å². The van der Waals surface area contributed by atoms with Gasteiger partial charge in [0.05, 0.1) is 12.6 Å². The molecule has 2 heterocycles. The minimum Gasteiger partial charge on any atom is -0.493 e. The minimum atomic E-state index is 0.0806. The maximum absolute atomic E-state index is 12.2. The van der Waals surface area contributed by atoms with Crippen molar-refractivity contribution < 1.29 is 14.3 Å². The van der Waals surface area contributed by atoms with Crippen molar-refractivity contribution in [3.05, 3.63) is 29.8 Å². The molecule has 0 bridgehead atoms. The van der Waals surface area contributed by atoms with Crippen LogP contribution < -0.4 is 4.74 Å². The first-order chi connectivity index (χ1) is 9.65. The third kappa shape index (κ3) is 2.54. The number of para-hydroxylation sites is 1. The molecule has 1 fully saturated rings. The monoisotopic (exact) mass is 291 g/mol. The molecule has 1 saturated heterocycles. The van der Waals surface area contributed by atoms with Gasteiger partial charge >= 0.3 is 0 Å². The molecule has 20 heavy (non-hydrogen) atoms. The predicted octanol–water partition coefficient (Wildman–Crippen LogP) is 2.39. The van der Waals surface area contributed by atoms with Crippen LogP contribution in [0.4, 0.5) is 0 Å². The second-order valence-electron chi connectivity index (χ2n) is 5.17. The lowest BCUT2D eigenvalue weighted by molar-refractivity contribution is -0.130. The molecule has 5 heteroatoms. The molecule has 1 aromatic rings. The standard InChI is InChI=1S/C15H17NO3S/c1-10(17)20-11-8-15(18)16(9-11)13-6-7-19-14-5-3-2-4-12(13)14/h2-5,11,13H,6-9H2,1H3. The molecule has 2 atom stereocenters. The zero-order valence-corrected chi connectivity index (χ0v) is 12.2. The van der Waals surface area contributed by atoms with E-state index in [-0.39, 0.29) is 22.3 Å². The molecule has 0 saturated carbocycles. The summed E-state index contributed by atoms with van der Waals surface area (Å²) in [6, 6.07) is 7.98. The largest absolute Gasteiger partial charge is 0.493 e. The Hall–Kier alpha value is -1.49. The molecule has 106 valence electrons. The minimum absolute atomic E-state index is 0.0806. The number of rotatable bonds is 2. The van der Waals surface area contributed by atoms with Gasteiger partial charge in [-0.15, -0.1) is 0 Å². The highest BCUT2D eigenvalue weighted by atomic mass is 32.2. The Balaban J connectivity index is 1.80. The van der Waals surface area contributed by atoms with Gasteiger partial charge in [-0.05, 0) is 6.07 Å². The molecule has 1 aromatic carbocycles. The van der Waals surface area contributed by atoms with Crippen molar-refractivity contribution >= 4 is 22.8 Å². The van der Waals surface area contributed by atoms with E-state index in [0.717, 1.165) is 17.7 Å². The van der Waals surface area contributed by atoms with E-state index in [1.807, 2.05) is 29.2 Å². The van der Waals surface area contributed by atoms with Gasteiger partial charge in [0.15, 0.2) is 5.12 Å². The SMILES string of the molecule is CC(=O)SC1CC(=O)N(C2CCOc3ccccc32)C1. The highest BCUT2D eigenvalue weighted by molar-refractivity contribution is 8.14. The van der Waals surface area contributed by atoms with Crippen LogP contribution in [0.15, 0.2) is 24.3 Å². The number of fused-ring (bicyclic) bond motifs is 1. The molecule has 0 N–H and O–H groups in total. The number of hydrogen-bond donors (Lipinski definition) is 0. The fourth-order valence-electron chi connectivity index (χ4n) is 2.96. The molecule has 0 spiro atoms. The van der Waals surface area contributed by atoms with Gasteiger partial charge in [-0.3, -0.25) is 9.59 Å². The zero-order chi connectivity index (χ0) is 14.1. The maximum Gasteiger partial charge on any atom is 0.224 e. The van der Waals surface area contributed by atoms with Crippen LogP contribution in [0.3, 0.4) is 0 Å². The Bertz CT molecular complexity index is 546. The van der Waals surface area contributed by atoms with E-state index in [2.05, 4.69) is 0 Å². The van der Waals surface area contributed by atoms with Crippen LogP contribution in [0.5, 0.6) is 5.75 Å². The van der Waals surface area contributed by atoms with Crippen molar-refractivity contribution in [3.8, 4) is 5.75 Å². The smallest absolute Gasteiger partial charge is 0.224 e. The lowest BCUT2D eigenvalue weighted by Crippen LogP contribution is -2.34. The molecule has 0 aliphatic carbocycles. The molecule has 0 aromatic heterocycles. The Morgan fingerprint density at radius 1 is 1.40 bits per heavy atom. The molecule has 0 radical (unpaired) electrons. The van der Waals surface area contributed by atoms with Crippen molar-refractivity contribution in [1.82, 2.24) is 4.90 Å². The lowest BCUT2D eigenvalue weighted by atomic mass is 9.99. The number of likely N-dealkylation sites (tertiary alicyclic amines) is 1. The summed E-state index contributed by atoms with van der Waals surface area (Å²) in [5.41, 5.74) is 1.08. The van der Waals surface area contributed by atoms with Crippen molar-refractivity contribution in [2.75, 3.05) is 13.2 Å². The average molecular weight is 291 g/mol. The van der Waals surface area contributed by atoms with E-state index < -0.39 is 0 Å². The summed E-state index contributed by atoms with van der Waals surface area (Å²) in [6.07, 6.45) is 1.28. The highest BCUT2D eigenvalue weighted by Gasteiger charge is 2.37. The summed E-state index contributed by atoms with van der Waals surface area (Å²) in [5.74, 6) is 1.02. The Morgan fingerprint density at radius 3 is 3.00 bits per heavy atom. The average Bonchev–Trinajstić information content (AvgIpc) is 2.78. The van der Waals surface area contributed by atoms with E-state index in [0.29, 0.717) is 19.6 Å². The summed E-state index contributed by atoms with van der Waals surface area (Å²) in [5, 5.41) is 0.173. The van der Waals surface area contributed by atoms with Gasteiger partial charge in [-0.2, -0.15) is 0 Å². The predicted molar refractivity (Wildman–Crippen MR) is 77.7 cm³/mol. The topological polar surface area (TPSA) is 46.6 Å². The third-order valence-electron chi connectivity index (χ3n) is 3.76. The number of hydrogen-bond acceptors (Lipinski definition) is 4. The van der Waals surface area contributed by atoms with Crippen molar-refractivity contribution in [1.29, 1.82) is 0 Å². The van der Waals surface area contributed by atoms with Crippen LogP contribution in [0, 0.1) is 0 Å². The van der Waals surface area contributed by atoms with Gasteiger partial charge < -0.3 is 9.64 Å². The highest BCUT2D eigenvalue weighted by Crippen LogP contribution is 2.39. The van der Waals surface area contributed by atoms with E-state index in [4.69, 9.17) is 4.74 Å². The zero-order valence-electron chi connectivity index (χ0n) is 11.4. The molecule has 2 unspecified atom stereocenters. The molecule has 2 aliphatic rings.